The van der Waals surface area contributed by atoms with Crippen molar-refractivity contribution in [3.8, 4) is 0 Å². The standard InChI is InChI=1S/C18H18N4OS3/c23-17(21-6-8-22(9-7-21)18-19-5-10-25-18)15-3-1-2-4-16(15)26-12-14-11-24-13-20-14/h1-5,10-11,13H,6-9,12H2. The maximum atomic E-state index is 13.0. The minimum absolute atomic E-state index is 0.116. The summed E-state index contributed by atoms with van der Waals surface area (Å²) >= 11 is 4.92. The zero-order chi connectivity index (χ0) is 17.8. The number of carbonyl (C=O) groups is 1. The Morgan fingerprint density at radius 1 is 1.15 bits per heavy atom. The van der Waals surface area contributed by atoms with Crippen molar-refractivity contribution >= 4 is 45.5 Å². The molecule has 0 bridgehead atoms. The first kappa shape index (κ1) is 17.5. The van der Waals surface area contributed by atoms with E-state index in [4.69, 9.17) is 0 Å². The Bertz CT molecular complexity index is 843. The second-order valence-corrected chi connectivity index (χ2v) is 8.47. The molecule has 4 rings (SSSR count). The van der Waals surface area contributed by atoms with Crippen molar-refractivity contribution in [3.63, 3.8) is 0 Å². The molecule has 1 aliphatic heterocycles. The summed E-state index contributed by atoms with van der Waals surface area (Å²) in [5, 5.41) is 5.08. The maximum absolute atomic E-state index is 13.0. The van der Waals surface area contributed by atoms with Crippen LogP contribution in [0.2, 0.25) is 0 Å². The van der Waals surface area contributed by atoms with Gasteiger partial charge in [-0.15, -0.1) is 34.4 Å². The molecule has 1 amide bonds. The van der Waals surface area contributed by atoms with E-state index in [0.717, 1.165) is 53.2 Å². The van der Waals surface area contributed by atoms with Crippen molar-refractivity contribution < 1.29 is 4.79 Å². The number of piperazine rings is 1. The molecule has 2 aromatic heterocycles. The summed E-state index contributed by atoms with van der Waals surface area (Å²) in [5.74, 6) is 0.899. The lowest BCUT2D eigenvalue weighted by atomic mass is 10.2. The van der Waals surface area contributed by atoms with E-state index in [0.29, 0.717) is 0 Å². The Labute approximate surface area is 164 Å². The number of thioether (sulfide) groups is 1. The number of aromatic nitrogens is 2. The van der Waals surface area contributed by atoms with Gasteiger partial charge in [0.1, 0.15) is 0 Å². The highest BCUT2D eigenvalue weighted by Crippen LogP contribution is 2.28. The van der Waals surface area contributed by atoms with Gasteiger partial charge in [0.2, 0.25) is 0 Å². The fourth-order valence-electron chi connectivity index (χ4n) is 2.87. The first-order valence-electron chi connectivity index (χ1n) is 8.34. The quantitative estimate of drug-likeness (QED) is 0.607. The predicted molar refractivity (Wildman–Crippen MR) is 108 cm³/mol. The number of anilines is 1. The van der Waals surface area contributed by atoms with Gasteiger partial charge in [-0.25, -0.2) is 9.97 Å². The van der Waals surface area contributed by atoms with E-state index in [-0.39, 0.29) is 5.91 Å². The Balaban J connectivity index is 1.42. The summed E-state index contributed by atoms with van der Waals surface area (Å²) in [6.45, 7) is 3.10. The second-order valence-electron chi connectivity index (χ2n) is 5.86. The Morgan fingerprint density at radius 2 is 2.00 bits per heavy atom. The molecule has 1 aliphatic rings. The fourth-order valence-corrected chi connectivity index (χ4v) is 5.18. The van der Waals surface area contributed by atoms with Gasteiger partial charge in [0, 0.05) is 53.8 Å². The highest BCUT2D eigenvalue weighted by Gasteiger charge is 2.24. The molecule has 0 radical (unpaired) electrons. The van der Waals surface area contributed by atoms with Gasteiger partial charge in [-0.2, -0.15) is 0 Å². The van der Waals surface area contributed by atoms with Gasteiger partial charge >= 0.3 is 0 Å². The summed E-state index contributed by atoms with van der Waals surface area (Å²) in [5.41, 5.74) is 3.68. The summed E-state index contributed by atoms with van der Waals surface area (Å²) in [6.07, 6.45) is 1.83. The highest BCUT2D eigenvalue weighted by atomic mass is 32.2. The van der Waals surface area contributed by atoms with Crippen LogP contribution >= 0.6 is 34.4 Å². The molecular weight excluding hydrogens is 384 g/mol. The molecule has 1 saturated heterocycles. The van der Waals surface area contributed by atoms with Crippen LogP contribution in [0.1, 0.15) is 16.1 Å². The zero-order valence-corrected chi connectivity index (χ0v) is 16.5. The molecule has 0 N–H and O–H groups in total. The van der Waals surface area contributed by atoms with Crippen molar-refractivity contribution in [3.05, 3.63) is 58.0 Å². The number of benzene rings is 1. The third-order valence-electron chi connectivity index (χ3n) is 4.23. The van der Waals surface area contributed by atoms with Gasteiger partial charge in [-0.1, -0.05) is 12.1 Å². The molecular formula is C18H18N4OS3. The molecule has 3 heterocycles. The maximum Gasteiger partial charge on any atom is 0.255 e. The number of hydrogen-bond acceptors (Lipinski definition) is 7. The van der Waals surface area contributed by atoms with Crippen LogP contribution in [0.4, 0.5) is 5.13 Å². The molecule has 1 aromatic carbocycles. The van der Waals surface area contributed by atoms with Gasteiger partial charge in [0.15, 0.2) is 5.13 Å². The van der Waals surface area contributed by atoms with Crippen LogP contribution in [0.5, 0.6) is 0 Å². The van der Waals surface area contributed by atoms with E-state index in [1.165, 1.54) is 0 Å². The number of rotatable bonds is 5. The van der Waals surface area contributed by atoms with Gasteiger partial charge < -0.3 is 9.80 Å². The number of thiazole rings is 2. The molecule has 0 atom stereocenters. The molecule has 8 heteroatoms. The largest absolute Gasteiger partial charge is 0.345 e. The second kappa shape index (κ2) is 8.20. The van der Waals surface area contributed by atoms with Crippen LogP contribution in [0.15, 0.2) is 51.6 Å². The number of nitrogens with zero attached hydrogens (tertiary/aromatic N) is 4. The Hall–Kier alpha value is -1.90. The van der Waals surface area contributed by atoms with Crippen LogP contribution < -0.4 is 4.90 Å². The normalized spacial score (nSPS) is 14.6. The fraction of sp³-hybridized carbons (Fsp3) is 0.278. The molecule has 3 aromatic rings. The summed E-state index contributed by atoms with van der Waals surface area (Å²) in [7, 11) is 0. The molecule has 0 saturated carbocycles. The van der Waals surface area contributed by atoms with Crippen LogP contribution in [0, 0.1) is 0 Å². The first-order chi connectivity index (χ1) is 12.8. The number of carbonyl (C=O) groups excluding carboxylic acids is 1. The minimum atomic E-state index is 0.116. The topological polar surface area (TPSA) is 49.3 Å². The average Bonchev–Trinajstić information content (AvgIpc) is 3.40. The molecule has 0 aliphatic carbocycles. The summed E-state index contributed by atoms with van der Waals surface area (Å²) < 4.78 is 0. The third-order valence-corrected chi connectivity index (χ3v) is 6.81. The van der Waals surface area contributed by atoms with Crippen molar-refractivity contribution in [1.82, 2.24) is 14.9 Å². The van der Waals surface area contributed by atoms with Crippen LogP contribution in [0.3, 0.4) is 0 Å². The van der Waals surface area contributed by atoms with E-state index >= 15 is 0 Å². The monoisotopic (exact) mass is 402 g/mol. The van der Waals surface area contributed by atoms with E-state index in [1.807, 2.05) is 46.3 Å². The van der Waals surface area contributed by atoms with Gasteiger partial charge in [0.25, 0.3) is 5.91 Å². The van der Waals surface area contributed by atoms with Crippen LogP contribution in [0.25, 0.3) is 0 Å². The smallest absolute Gasteiger partial charge is 0.255 e. The van der Waals surface area contributed by atoms with E-state index in [9.17, 15) is 4.79 Å². The summed E-state index contributed by atoms with van der Waals surface area (Å²) in [4.78, 5) is 26.9. The molecule has 26 heavy (non-hydrogen) atoms. The Morgan fingerprint density at radius 3 is 2.73 bits per heavy atom. The molecule has 1 fully saturated rings. The number of hydrogen-bond donors (Lipinski definition) is 0. The van der Waals surface area contributed by atoms with Gasteiger partial charge in [0.05, 0.1) is 16.8 Å². The lowest BCUT2D eigenvalue weighted by Gasteiger charge is -2.34. The Kier molecular flexibility index (Phi) is 5.52. The number of amides is 1. The molecule has 5 nitrogen and oxygen atoms in total. The molecule has 0 spiro atoms. The zero-order valence-electron chi connectivity index (χ0n) is 14.1. The van der Waals surface area contributed by atoms with Crippen molar-refractivity contribution in [2.24, 2.45) is 0 Å². The van der Waals surface area contributed by atoms with E-state index in [2.05, 4.69) is 20.2 Å². The van der Waals surface area contributed by atoms with Crippen molar-refractivity contribution in [2.75, 3.05) is 31.1 Å². The third kappa shape index (κ3) is 3.92. The van der Waals surface area contributed by atoms with Crippen molar-refractivity contribution in [1.29, 1.82) is 0 Å². The van der Waals surface area contributed by atoms with Crippen LogP contribution in [-0.4, -0.2) is 47.0 Å². The summed E-state index contributed by atoms with van der Waals surface area (Å²) in [6, 6.07) is 7.88. The first-order valence-corrected chi connectivity index (χ1v) is 11.1. The minimum Gasteiger partial charge on any atom is -0.345 e. The molecule has 0 unspecified atom stereocenters. The highest BCUT2D eigenvalue weighted by molar-refractivity contribution is 7.98. The van der Waals surface area contributed by atoms with Crippen LogP contribution in [-0.2, 0) is 5.75 Å². The lowest BCUT2D eigenvalue weighted by Crippen LogP contribution is -2.48. The van der Waals surface area contributed by atoms with Gasteiger partial charge in [-0.05, 0) is 12.1 Å². The van der Waals surface area contributed by atoms with Crippen molar-refractivity contribution in [2.45, 2.75) is 10.6 Å². The van der Waals surface area contributed by atoms with Gasteiger partial charge in [-0.3, -0.25) is 4.79 Å². The van der Waals surface area contributed by atoms with E-state index in [1.54, 1.807) is 34.4 Å². The van der Waals surface area contributed by atoms with E-state index < -0.39 is 0 Å². The molecule has 134 valence electrons. The average molecular weight is 403 g/mol. The lowest BCUT2D eigenvalue weighted by molar-refractivity contribution is 0.0743. The SMILES string of the molecule is O=C(c1ccccc1SCc1cscn1)N1CCN(c2nccs2)CC1. The predicted octanol–water partition coefficient (Wildman–Crippen LogP) is 3.85.